The number of amides is 1. The van der Waals surface area contributed by atoms with Crippen molar-refractivity contribution >= 4 is 61.0 Å². The fraction of sp³-hybridized carbons (Fsp3) is 0.136. The number of benzene rings is 3. The summed E-state index contributed by atoms with van der Waals surface area (Å²) in [6.07, 6.45) is 0. The first-order valence-electron chi connectivity index (χ1n) is 9.17. The molecule has 0 spiro atoms. The normalized spacial score (nSPS) is 11.1. The fourth-order valence-corrected chi connectivity index (χ4v) is 4.40. The van der Waals surface area contributed by atoms with Crippen LogP contribution in [0.3, 0.4) is 0 Å². The minimum Gasteiger partial charge on any atom is -0.324 e. The molecule has 0 saturated heterocycles. The molecule has 1 aromatic heterocycles. The summed E-state index contributed by atoms with van der Waals surface area (Å²) in [6.45, 7) is 2.39. The Morgan fingerprint density at radius 2 is 1.79 bits per heavy atom. The van der Waals surface area contributed by atoms with Gasteiger partial charge in [-0.15, -0.1) is 0 Å². The predicted octanol–water partition coefficient (Wildman–Crippen LogP) is 5.06. The highest BCUT2D eigenvalue weighted by Crippen LogP contribution is 2.24. The second-order valence-electron chi connectivity index (χ2n) is 6.48. The van der Waals surface area contributed by atoms with E-state index in [1.807, 2.05) is 67.6 Å². The number of hydrogen-bond donors (Lipinski definition) is 1. The van der Waals surface area contributed by atoms with Crippen LogP contribution in [0.5, 0.6) is 0 Å². The number of carbonyl (C=O) groups is 1. The molecule has 0 radical (unpaired) electrons. The van der Waals surface area contributed by atoms with Crippen molar-refractivity contribution in [3.63, 3.8) is 0 Å². The summed E-state index contributed by atoms with van der Waals surface area (Å²) in [5.41, 5.74) is 1.27. The molecule has 5 nitrogen and oxygen atoms in total. The standard InChI is InChI=1S/C22H18BrN3O2S/c1-2-26-21(28)16-11-14-7-3-4-8-15(14)12-19(16)25-22(26)29-13-20(27)24-18-10-6-5-9-17(18)23/h3-12H,2,13H2,1H3,(H,24,27). The molecule has 0 aliphatic rings. The van der Waals surface area contributed by atoms with Crippen LogP contribution < -0.4 is 10.9 Å². The van der Waals surface area contributed by atoms with Gasteiger partial charge in [0.05, 0.1) is 22.3 Å². The van der Waals surface area contributed by atoms with Crippen molar-refractivity contribution < 1.29 is 4.79 Å². The summed E-state index contributed by atoms with van der Waals surface area (Å²) in [6, 6.07) is 19.2. The van der Waals surface area contributed by atoms with Gasteiger partial charge in [-0.25, -0.2) is 4.98 Å². The summed E-state index contributed by atoms with van der Waals surface area (Å²) in [5.74, 6) is 0.00441. The molecule has 1 heterocycles. The third-order valence-electron chi connectivity index (χ3n) is 4.58. The second kappa shape index (κ2) is 8.39. The Bertz CT molecular complexity index is 1290. The maximum atomic E-state index is 13.0. The summed E-state index contributed by atoms with van der Waals surface area (Å²) >= 11 is 4.68. The lowest BCUT2D eigenvalue weighted by Gasteiger charge is -2.12. The maximum Gasteiger partial charge on any atom is 0.262 e. The van der Waals surface area contributed by atoms with Crippen LogP contribution in [0, 0.1) is 0 Å². The third-order valence-corrected chi connectivity index (χ3v) is 6.25. The Hall–Kier alpha value is -2.64. The number of hydrogen-bond acceptors (Lipinski definition) is 4. The van der Waals surface area contributed by atoms with Crippen molar-refractivity contribution in [3.8, 4) is 0 Å². The Morgan fingerprint density at radius 3 is 2.52 bits per heavy atom. The summed E-state index contributed by atoms with van der Waals surface area (Å²) in [5, 5.41) is 6.05. The van der Waals surface area contributed by atoms with Crippen LogP contribution in [0.1, 0.15) is 6.92 Å². The van der Waals surface area contributed by atoms with Crippen molar-refractivity contribution in [2.24, 2.45) is 0 Å². The van der Waals surface area contributed by atoms with Gasteiger partial charge in [0.2, 0.25) is 5.91 Å². The highest BCUT2D eigenvalue weighted by Gasteiger charge is 2.14. The van der Waals surface area contributed by atoms with Crippen LogP contribution in [-0.2, 0) is 11.3 Å². The van der Waals surface area contributed by atoms with Crippen LogP contribution in [0.4, 0.5) is 5.69 Å². The molecule has 1 amide bonds. The highest BCUT2D eigenvalue weighted by molar-refractivity contribution is 9.10. The van der Waals surface area contributed by atoms with Gasteiger partial charge in [-0.3, -0.25) is 14.2 Å². The number of thioether (sulfide) groups is 1. The van der Waals surface area contributed by atoms with Crippen molar-refractivity contribution in [2.75, 3.05) is 11.1 Å². The van der Waals surface area contributed by atoms with Gasteiger partial charge in [0.1, 0.15) is 0 Å². The average Bonchev–Trinajstić information content (AvgIpc) is 2.73. The average molecular weight is 468 g/mol. The summed E-state index contributed by atoms with van der Waals surface area (Å²) in [7, 11) is 0. The summed E-state index contributed by atoms with van der Waals surface area (Å²) in [4.78, 5) is 30.1. The maximum absolute atomic E-state index is 13.0. The van der Waals surface area contributed by atoms with E-state index < -0.39 is 0 Å². The first-order valence-corrected chi connectivity index (χ1v) is 10.9. The van der Waals surface area contributed by atoms with E-state index in [-0.39, 0.29) is 17.2 Å². The number of nitrogens with zero attached hydrogens (tertiary/aromatic N) is 2. The van der Waals surface area contributed by atoms with E-state index >= 15 is 0 Å². The molecule has 0 fully saturated rings. The Morgan fingerprint density at radius 1 is 1.10 bits per heavy atom. The molecule has 146 valence electrons. The quantitative estimate of drug-likeness (QED) is 0.253. The van der Waals surface area contributed by atoms with E-state index in [1.165, 1.54) is 11.8 Å². The number of para-hydroxylation sites is 1. The van der Waals surface area contributed by atoms with Gasteiger partial charge >= 0.3 is 0 Å². The van der Waals surface area contributed by atoms with Gasteiger partial charge in [0.25, 0.3) is 5.56 Å². The first-order chi connectivity index (χ1) is 14.1. The van der Waals surface area contributed by atoms with Crippen LogP contribution >= 0.6 is 27.7 Å². The van der Waals surface area contributed by atoms with Gasteiger partial charge in [0.15, 0.2) is 5.16 Å². The predicted molar refractivity (Wildman–Crippen MR) is 123 cm³/mol. The molecule has 0 unspecified atom stereocenters. The number of halogens is 1. The van der Waals surface area contributed by atoms with Crippen LogP contribution in [-0.4, -0.2) is 21.2 Å². The number of nitrogens with one attached hydrogen (secondary N) is 1. The molecule has 29 heavy (non-hydrogen) atoms. The number of rotatable bonds is 5. The van der Waals surface area contributed by atoms with E-state index in [0.29, 0.717) is 28.3 Å². The van der Waals surface area contributed by atoms with Gasteiger partial charge in [-0.1, -0.05) is 48.2 Å². The van der Waals surface area contributed by atoms with Crippen LogP contribution in [0.15, 0.2) is 75.1 Å². The minimum absolute atomic E-state index is 0.0861. The van der Waals surface area contributed by atoms with Crippen molar-refractivity contribution in [3.05, 3.63) is 75.5 Å². The lowest BCUT2D eigenvalue weighted by Crippen LogP contribution is -2.23. The molecule has 4 rings (SSSR count). The molecule has 0 saturated carbocycles. The zero-order valence-corrected chi connectivity index (χ0v) is 18.1. The molecule has 0 atom stereocenters. The largest absolute Gasteiger partial charge is 0.324 e. The lowest BCUT2D eigenvalue weighted by atomic mass is 10.1. The van der Waals surface area contributed by atoms with Gasteiger partial charge in [-0.05, 0) is 57.9 Å². The molecule has 1 N–H and O–H groups in total. The SMILES string of the molecule is CCn1c(SCC(=O)Nc2ccccc2Br)nc2cc3ccccc3cc2c1=O. The molecular weight excluding hydrogens is 450 g/mol. The third kappa shape index (κ3) is 4.06. The topological polar surface area (TPSA) is 64.0 Å². The van der Waals surface area contributed by atoms with Gasteiger partial charge < -0.3 is 5.32 Å². The summed E-state index contributed by atoms with van der Waals surface area (Å²) < 4.78 is 2.44. The van der Waals surface area contributed by atoms with Crippen LogP contribution in [0.25, 0.3) is 21.7 Å². The Balaban J connectivity index is 1.64. The molecule has 0 aliphatic heterocycles. The zero-order valence-electron chi connectivity index (χ0n) is 15.7. The second-order valence-corrected chi connectivity index (χ2v) is 8.27. The van der Waals surface area contributed by atoms with E-state index in [0.717, 1.165) is 15.2 Å². The number of anilines is 1. The molecule has 7 heteroatoms. The van der Waals surface area contributed by atoms with E-state index in [1.54, 1.807) is 4.57 Å². The van der Waals surface area contributed by atoms with E-state index in [2.05, 4.69) is 21.2 Å². The van der Waals surface area contributed by atoms with Gasteiger partial charge in [0, 0.05) is 11.0 Å². The molecule has 3 aromatic carbocycles. The Kier molecular flexibility index (Phi) is 5.69. The molecular formula is C22H18BrN3O2S. The monoisotopic (exact) mass is 467 g/mol. The van der Waals surface area contributed by atoms with Crippen LogP contribution in [0.2, 0.25) is 0 Å². The highest BCUT2D eigenvalue weighted by atomic mass is 79.9. The van der Waals surface area contributed by atoms with Gasteiger partial charge in [-0.2, -0.15) is 0 Å². The molecule has 0 bridgehead atoms. The number of fused-ring (bicyclic) bond motifs is 2. The van der Waals surface area contributed by atoms with Crippen molar-refractivity contribution in [1.82, 2.24) is 9.55 Å². The van der Waals surface area contributed by atoms with Crippen molar-refractivity contribution in [1.29, 1.82) is 0 Å². The smallest absolute Gasteiger partial charge is 0.262 e. The minimum atomic E-state index is -0.155. The molecule has 4 aromatic rings. The van der Waals surface area contributed by atoms with Crippen molar-refractivity contribution in [2.45, 2.75) is 18.6 Å². The molecule has 0 aliphatic carbocycles. The first kappa shape index (κ1) is 19.7. The number of aromatic nitrogens is 2. The lowest BCUT2D eigenvalue weighted by molar-refractivity contribution is -0.113. The van der Waals surface area contributed by atoms with E-state index in [9.17, 15) is 9.59 Å². The number of carbonyl (C=O) groups excluding carboxylic acids is 1. The zero-order chi connectivity index (χ0) is 20.4. The Labute approximate surface area is 180 Å². The van der Waals surface area contributed by atoms with E-state index in [4.69, 9.17) is 4.98 Å². The fourth-order valence-electron chi connectivity index (χ4n) is 3.16.